The van der Waals surface area contributed by atoms with Gasteiger partial charge in [-0.1, -0.05) is 163 Å². The number of quaternary nitrogens is 1. The predicted molar refractivity (Wildman–Crippen MR) is 281 cm³/mol. The monoisotopic (exact) mass is 1090 g/mol. The Kier molecular flexibility index (Phi) is 17.3. The van der Waals surface area contributed by atoms with Gasteiger partial charge in [-0.15, -0.1) is 0 Å². The number of anilines is 2. The van der Waals surface area contributed by atoms with Gasteiger partial charge in [-0.3, -0.25) is 14.6 Å². The van der Waals surface area contributed by atoms with E-state index in [-0.39, 0.29) is 47.5 Å². The van der Waals surface area contributed by atoms with Gasteiger partial charge in [0.1, 0.15) is 17.1 Å². The van der Waals surface area contributed by atoms with Crippen LogP contribution in [-0.4, -0.2) is 64.2 Å². The minimum Gasteiger partial charge on any atom is -0.476 e. The van der Waals surface area contributed by atoms with Crippen LogP contribution >= 0.6 is 23.2 Å². The van der Waals surface area contributed by atoms with Crippen molar-refractivity contribution in [2.75, 3.05) is 36.0 Å². The first kappa shape index (κ1) is 52.5. The number of aromatic nitrogens is 1. The van der Waals surface area contributed by atoms with Crippen LogP contribution in [0.3, 0.4) is 0 Å². The van der Waals surface area contributed by atoms with E-state index < -0.39 is 44.9 Å². The van der Waals surface area contributed by atoms with Gasteiger partial charge in [-0.25, -0.2) is 14.0 Å². The zero-order chi connectivity index (χ0) is 50.0. The number of carboxylic acids is 1. The molecule has 0 unspecified atom stereocenters. The Morgan fingerprint density at radius 2 is 0.972 bits per heavy atom. The first-order valence-corrected chi connectivity index (χ1v) is 23.6. The summed E-state index contributed by atoms with van der Waals surface area (Å²) in [5, 5.41) is 11.9. The molecule has 0 saturated carbocycles. The number of hydrogen-bond acceptors (Lipinski definition) is 7. The number of ketones is 2. The Bertz CT molecular complexity index is 3030. The molecule has 1 saturated heterocycles. The first-order chi connectivity index (χ1) is 34.4. The molecule has 72 heavy (non-hydrogen) atoms. The molecule has 6 aromatic carbocycles. The number of carbonyl (C=O) groups excluding carboxylic acids is 3. The van der Waals surface area contributed by atoms with Crippen LogP contribution in [0.4, 0.5) is 15.8 Å². The van der Waals surface area contributed by atoms with Crippen LogP contribution in [0, 0.1) is 5.82 Å². The van der Waals surface area contributed by atoms with Crippen LogP contribution in [0.15, 0.2) is 206 Å². The van der Waals surface area contributed by atoms with E-state index in [9.17, 15) is 9.50 Å². The Hall–Kier alpha value is -7.36. The average Bonchev–Trinajstić information content (AvgIpc) is 3.40. The maximum Gasteiger partial charge on any atom is 0.373 e. The number of allylic oxidation sites excluding steroid dienone is 2. The summed E-state index contributed by atoms with van der Waals surface area (Å²) in [4.78, 5) is 72.4. The van der Waals surface area contributed by atoms with Gasteiger partial charge >= 0.3 is 11.9 Å². The molecular formula is C59H48Cl2FN4O5Pd+. The van der Waals surface area contributed by atoms with Crippen molar-refractivity contribution < 1.29 is 53.6 Å². The van der Waals surface area contributed by atoms with Crippen molar-refractivity contribution in [3.8, 4) is 0 Å². The molecule has 2 heterocycles. The molecule has 0 bridgehead atoms. The van der Waals surface area contributed by atoms with Gasteiger partial charge in [0.05, 0.1) is 21.9 Å². The van der Waals surface area contributed by atoms with E-state index in [1.165, 1.54) is 73.8 Å². The molecule has 1 fully saturated rings. The fourth-order valence-corrected chi connectivity index (χ4v) is 9.35. The molecule has 7 aromatic rings. The number of nitrogens with zero attached hydrogens (tertiary/aromatic N) is 4. The summed E-state index contributed by atoms with van der Waals surface area (Å²) >= 11 is 14.0. The summed E-state index contributed by atoms with van der Waals surface area (Å²) in [5.74, 6) is -4.65. The summed E-state index contributed by atoms with van der Waals surface area (Å²) in [6.07, 6.45) is 10.0. The van der Waals surface area contributed by atoms with Crippen LogP contribution in [0.25, 0.3) is 24.3 Å². The van der Waals surface area contributed by atoms with Gasteiger partial charge in [0, 0.05) is 71.4 Å². The Morgan fingerprint density at radius 3 is 1.38 bits per heavy atom. The van der Waals surface area contributed by atoms with Crippen molar-refractivity contribution in [2.24, 2.45) is 0 Å². The van der Waals surface area contributed by atoms with Crippen molar-refractivity contribution in [1.29, 1.82) is 0 Å². The number of piperazine rings is 1. The number of rotatable bonds is 16. The number of pyridine rings is 1. The minimum atomic E-state index is -2.67. The molecule has 1 N–H and O–H groups in total. The maximum absolute atomic E-state index is 16.8. The molecule has 13 heteroatoms. The van der Waals surface area contributed by atoms with E-state index in [0.717, 1.165) is 5.69 Å². The molecule has 1 amide bonds. The van der Waals surface area contributed by atoms with E-state index in [4.69, 9.17) is 28.2 Å². The molecule has 9 nitrogen and oxygen atoms in total. The van der Waals surface area contributed by atoms with E-state index in [0.29, 0.717) is 54.1 Å². The number of carbonyl (C=O) groups is 4. The standard InChI is InChI=1S/C59H47Cl2FN4O5.Pd/c1-59(58(70)71,55-34-31-48(41-63-55)65-37-35-64(36-38-65)47-29-27-46(62)28-30-47)66(57(69)56-49(60)23-14-24-50(56)61,51(39-44-19-10-4-11-20-44)53(67)32-25-42-15-6-2-7-16-42)52(40-45-21-12-5-13-22-45)54(68)33-26-43-17-8-3-9-18-43;/h2-34,39-41H,35-38H2,1H3;/p+1/t59-,66?;/m1./s1. The molecule has 364 valence electrons. The summed E-state index contributed by atoms with van der Waals surface area (Å²) < 4.78 is 12.1. The second-order valence-electron chi connectivity index (χ2n) is 16.9. The molecule has 0 spiro atoms. The normalized spacial score (nSPS) is 14.8. The molecule has 1 aliphatic rings. The van der Waals surface area contributed by atoms with Crippen LogP contribution < -0.4 is 9.80 Å². The molecule has 1 aromatic heterocycles. The average molecular weight is 1090 g/mol. The third-order valence-electron chi connectivity index (χ3n) is 12.5. The van der Waals surface area contributed by atoms with Crippen molar-refractivity contribution in [3.05, 3.63) is 255 Å². The van der Waals surface area contributed by atoms with Crippen LogP contribution in [-0.2, 0) is 40.3 Å². The predicted octanol–water partition coefficient (Wildman–Crippen LogP) is 12.5. The fraction of sp³-hybridized carbons (Fsp3) is 0.102. The SMILES string of the molecule is C[C@](C(=O)O)(c1ccc(N2CCN(c3ccc(F)cc3)CC2)cn1)[N+](C(=O)c1c(Cl)cccc1Cl)(C(=Cc1ccccc1)C(=O)C=Cc1ccccc1)C(=Cc1ccccc1)C(=O)C=Cc1ccccc1.[Pd]. The van der Waals surface area contributed by atoms with E-state index in [1.54, 1.807) is 140 Å². The molecule has 8 rings (SSSR count). The molecule has 0 aliphatic carbocycles. The maximum atomic E-state index is 16.8. The zero-order valence-electron chi connectivity index (χ0n) is 38.9. The van der Waals surface area contributed by atoms with E-state index in [1.807, 2.05) is 12.1 Å². The van der Waals surface area contributed by atoms with Gasteiger partial charge in [-0.05, 0) is 82.9 Å². The van der Waals surface area contributed by atoms with Crippen molar-refractivity contribution in [1.82, 2.24) is 4.98 Å². The second-order valence-corrected chi connectivity index (χ2v) is 17.7. The summed E-state index contributed by atoms with van der Waals surface area (Å²) in [7, 11) is 0. The third kappa shape index (κ3) is 11.2. The topological polar surface area (TPSA) is 108 Å². The zero-order valence-corrected chi connectivity index (χ0v) is 42.0. The Balaban J connectivity index is 0.00000760. The van der Waals surface area contributed by atoms with Crippen molar-refractivity contribution in [3.63, 3.8) is 0 Å². The van der Waals surface area contributed by atoms with Gasteiger partial charge in [0.15, 0.2) is 11.4 Å². The van der Waals surface area contributed by atoms with Gasteiger partial charge in [-0.2, -0.15) is 4.48 Å². The molecule has 1 aliphatic heterocycles. The van der Waals surface area contributed by atoms with Crippen LogP contribution in [0.1, 0.15) is 45.2 Å². The van der Waals surface area contributed by atoms with Gasteiger partial charge in [0.25, 0.3) is 5.54 Å². The number of hydrogen-bond donors (Lipinski definition) is 1. The summed E-state index contributed by atoms with van der Waals surface area (Å²) in [5.41, 5.74) is -0.414. The number of amides is 1. The Morgan fingerprint density at radius 1 is 0.569 bits per heavy atom. The van der Waals surface area contributed by atoms with E-state index in [2.05, 4.69) is 9.80 Å². The quantitative estimate of drug-likeness (QED) is 0.0579. The summed E-state index contributed by atoms with van der Waals surface area (Å²) in [6.45, 7) is 3.60. The minimum absolute atomic E-state index is 0. The number of halogens is 3. The first-order valence-electron chi connectivity index (χ1n) is 22.8. The summed E-state index contributed by atoms with van der Waals surface area (Å²) in [6, 6.07) is 49.3. The van der Waals surface area contributed by atoms with Crippen molar-refractivity contribution >= 4 is 82.3 Å². The molecule has 0 radical (unpaired) electrons. The largest absolute Gasteiger partial charge is 0.476 e. The van der Waals surface area contributed by atoms with Gasteiger partial charge in [0.2, 0.25) is 11.6 Å². The number of carboxylic acid groups (broad SMARTS) is 1. The Labute approximate surface area is 441 Å². The van der Waals surface area contributed by atoms with Crippen LogP contribution in [0.2, 0.25) is 10.0 Å². The van der Waals surface area contributed by atoms with Crippen LogP contribution in [0.5, 0.6) is 0 Å². The molecule has 1 atom stereocenters. The second kappa shape index (κ2) is 23.7. The fourth-order valence-electron chi connectivity index (χ4n) is 8.79. The van der Waals surface area contributed by atoms with Gasteiger partial charge < -0.3 is 14.9 Å². The smallest absolute Gasteiger partial charge is 0.373 e. The number of benzene rings is 6. The number of aliphatic carboxylic acids is 1. The third-order valence-corrected chi connectivity index (χ3v) is 13.2. The van der Waals surface area contributed by atoms with Crippen molar-refractivity contribution in [2.45, 2.75) is 12.5 Å². The molecular weight excluding hydrogens is 1040 g/mol. The van der Waals surface area contributed by atoms with E-state index >= 15 is 19.2 Å².